The summed E-state index contributed by atoms with van der Waals surface area (Å²) in [7, 11) is -2.24. The van der Waals surface area contributed by atoms with Crippen LogP contribution in [0.15, 0.2) is 30.3 Å². The van der Waals surface area contributed by atoms with E-state index in [-0.39, 0.29) is 12.1 Å². The first kappa shape index (κ1) is 18.0. The van der Waals surface area contributed by atoms with Gasteiger partial charge in [-0.3, -0.25) is 0 Å². The lowest BCUT2D eigenvalue weighted by Gasteiger charge is -2.15. The van der Waals surface area contributed by atoms with Gasteiger partial charge in [-0.2, -0.15) is 0 Å². The van der Waals surface area contributed by atoms with Crippen LogP contribution in [-0.4, -0.2) is 22.1 Å². The maximum Gasteiger partial charge on any atom is 0.215 e. The molecule has 1 aromatic carbocycles. The molecule has 0 spiro atoms. The fraction of sp³-hybridized carbons (Fsp3) is 0.333. The summed E-state index contributed by atoms with van der Waals surface area (Å²) in [5.74, 6) is -2.11. The summed E-state index contributed by atoms with van der Waals surface area (Å²) in [6, 6.07) is 6.50. The second-order valence-corrected chi connectivity index (χ2v) is 8.18. The van der Waals surface area contributed by atoms with E-state index in [0.717, 1.165) is 21.9 Å². The molecule has 1 aromatic heterocycles. The van der Waals surface area contributed by atoms with Gasteiger partial charge >= 0.3 is 0 Å². The Kier molecular flexibility index (Phi) is 5.85. The molecule has 0 saturated heterocycles. The van der Waals surface area contributed by atoms with E-state index in [4.69, 9.17) is 4.74 Å². The van der Waals surface area contributed by atoms with Gasteiger partial charge in [0.1, 0.15) is 17.7 Å². The Morgan fingerprint density at radius 2 is 1.87 bits per heavy atom. The van der Waals surface area contributed by atoms with Crippen molar-refractivity contribution in [3.63, 3.8) is 0 Å². The minimum Gasteiger partial charge on any atom is -0.375 e. The normalized spacial score (nSPS) is 13.2. The van der Waals surface area contributed by atoms with Crippen molar-refractivity contribution >= 4 is 21.4 Å². The molecule has 1 unspecified atom stereocenters. The molecule has 23 heavy (non-hydrogen) atoms. The molecule has 0 bridgehead atoms. The SMILES string of the molecule is COC(CNS(=O)(=O)Cc1cc(F)cc(F)c1)c1ccc(C)s1. The number of benzene rings is 1. The van der Waals surface area contributed by atoms with Crippen molar-refractivity contribution in [1.82, 2.24) is 4.72 Å². The van der Waals surface area contributed by atoms with Crippen LogP contribution in [0.2, 0.25) is 0 Å². The zero-order valence-electron chi connectivity index (χ0n) is 12.7. The molecule has 0 fully saturated rings. The van der Waals surface area contributed by atoms with E-state index in [1.165, 1.54) is 18.4 Å². The standard InChI is InChI=1S/C15H17F2NO3S2/c1-10-3-4-15(22-10)14(21-2)8-18-23(19,20)9-11-5-12(16)7-13(17)6-11/h3-7,14,18H,8-9H2,1-2H3. The first-order chi connectivity index (χ1) is 10.8. The monoisotopic (exact) mass is 361 g/mol. The van der Waals surface area contributed by atoms with E-state index >= 15 is 0 Å². The number of hydrogen-bond donors (Lipinski definition) is 1. The van der Waals surface area contributed by atoms with Crippen molar-refractivity contribution in [3.8, 4) is 0 Å². The summed E-state index contributed by atoms with van der Waals surface area (Å²) in [5.41, 5.74) is 0.0518. The second kappa shape index (κ2) is 7.48. The van der Waals surface area contributed by atoms with Gasteiger partial charge in [0.2, 0.25) is 10.0 Å². The zero-order chi connectivity index (χ0) is 17.0. The molecule has 8 heteroatoms. The van der Waals surface area contributed by atoms with E-state index in [0.29, 0.717) is 6.07 Å². The quantitative estimate of drug-likeness (QED) is 0.824. The smallest absolute Gasteiger partial charge is 0.215 e. The molecule has 1 heterocycles. The molecule has 1 atom stereocenters. The molecule has 0 aliphatic rings. The van der Waals surface area contributed by atoms with Gasteiger partial charge in [0, 0.05) is 29.5 Å². The Morgan fingerprint density at radius 3 is 2.39 bits per heavy atom. The van der Waals surface area contributed by atoms with E-state index in [1.807, 2.05) is 19.1 Å². The molecule has 126 valence electrons. The Bertz CT molecular complexity index is 755. The van der Waals surface area contributed by atoms with Crippen molar-refractivity contribution < 1.29 is 21.9 Å². The van der Waals surface area contributed by atoms with Gasteiger partial charge in [0.15, 0.2) is 0 Å². The molecule has 0 aliphatic carbocycles. The molecule has 4 nitrogen and oxygen atoms in total. The lowest BCUT2D eigenvalue weighted by Crippen LogP contribution is -2.30. The predicted octanol–water partition coefficient (Wildman–Crippen LogP) is 3.14. The number of ether oxygens (including phenoxy) is 1. The highest BCUT2D eigenvalue weighted by atomic mass is 32.2. The summed E-state index contributed by atoms with van der Waals surface area (Å²) in [6.07, 6.45) is -0.410. The average Bonchev–Trinajstić information content (AvgIpc) is 2.84. The lowest BCUT2D eigenvalue weighted by atomic mass is 10.2. The summed E-state index contributed by atoms with van der Waals surface area (Å²) < 4.78 is 58.1. The average molecular weight is 361 g/mol. The number of methoxy groups -OCH3 is 1. The van der Waals surface area contributed by atoms with Gasteiger partial charge in [-0.1, -0.05) is 0 Å². The van der Waals surface area contributed by atoms with Crippen molar-refractivity contribution in [2.45, 2.75) is 18.8 Å². The number of aryl methyl sites for hydroxylation is 1. The molecule has 2 aromatic rings. The van der Waals surface area contributed by atoms with Crippen molar-refractivity contribution in [2.75, 3.05) is 13.7 Å². The largest absolute Gasteiger partial charge is 0.375 e. The third-order valence-electron chi connectivity index (χ3n) is 3.13. The van der Waals surface area contributed by atoms with Gasteiger partial charge in [0.25, 0.3) is 0 Å². The van der Waals surface area contributed by atoms with Gasteiger partial charge in [0.05, 0.1) is 5.75 Å². The first-order valence-electron chi connectivity index (χ1n) is 6.80. The van der Waals surface area contributed by atoms with Crippen molar-refractivity contribution in [3.05, 3.63) is 57.3 Å². The molecule has 0 aliphatic heterocycles. The Hall–Kier alpha value is -1.35. The van der Waals surface area contributed by atoms with Crippen LogP contribution in [0.25, 0.3) is 0 Å². The van der Waals surface area contributed by atoms with Crippen LogP contribution < -0.4 is 4.72 Å². The van der Waals surface area contributed by atoms with E-state index in [2.05, 4.69) is 4.72 Å². The van der Waals surface area contributed by atoms with E-state index < -0.39 is 33.5 Å². The summed E-state index contributed by atoms with van der Waals surface area (Å²) in [4.78, 5) is 2.00. The number of sulfonamides is 1. The maximum atomic E-state index is 13.1. The Morgan fingerprint density at radius 1 is 1.22 bits per heavy atom. The number of nitrogens with one attached hydrogen (secondary N) is 1. The maximum absolute atomic E-state index is 13.1. The van der Waals surface area contributed by atoms with Crippen LogP contribution >= 0.6 is 11.3 Å². The Balaban J connectivity index is 2.02. The lowest BCUT2D eigenvalue weighted by molar-refractivity contribution is 0.110. The molecule has 0 amide bonds. The number of hydrogen-bond acceptors (Lipinski definition) is 4. The third-order valence-corrected chi connectivity index (χ3v) is 5.54. The van der Waals surface area contributed by atoms with E-state index in [9.17, 15) is 17.2 Å². The second-order valence-electron chi connectivity index (χ2n) is 5.06. The zero-order valence-corrected chi connectivity index (χ0v) is 14.3. The summed E-state index contributed by atoms with van der Waals surface area (Å²) in [5, 5.41) is 0. The molecule has 0 radical (unpaired) electrons. The Labute approximate surface area is 138 Å². The summed E-state index contributed by atoms with van der Waals surface area (Å²) >= 11 is 1.52. The van der Waals surface area contributed by atoms with E-state index in [1.54, 1.807) is 0 Å². The van der Waals surface area contributed by atoms with Crippen molar-refractivity contribution in [1.29, 1.82) is 0 Å². The molecule has 0 saturated carbocycles. The van der Waals surface area contributed by atoms with Crippen LogP contribution in [-0.2, 0) is 20.5 Å². The minimum absolute atomic E-state index is 0.0518. The van der Waals surface area contributed by atoms with Gasteiger partial charge in [-0.05, 0) is 36.8 Å². The number of halogens is 2. The van der Waals surface area contributed by atoms with Gasteiger partial charge < -0.3 is 4.74 Å². The minimum atomic E-state index is -3.73. The molecule has 1 N–H and O–H groups in total. The van der Waals surface area contributed by atoms with Gasteiger partial charge in [-0.15, -0.1) is 11.3 Å². The van der Waals surface area contributed by atoms with Crippen LogP contribution in [0.1, 0.15) is 21.4 Å². The molecular formula is C15H17F2NO3S2. The van der Waals surface area contributed by atoms with Crippen LogP contribution in [0, 0.1) is 18.6 Å². The summed E-state index contributed by atoms with van der Waals surface area (Å²) in [6.45, 7) is 2.00. The number of thiophene rings is 1. The predicted molar refractivity (Wildman–Crippen MR) is 85.8 cm³/mol. The first-order valence-corrected chi connectivity index (χ1v) is 9.27. The number of rotatable bonds is 7. The van der Waals surface area contributed by atoms with Gasteiger partial charge in [-0.25, -0.2) is 21.9 Å². The van der Waals surface area contributed by atoms with Crippen LogP contribution in [0.5, 0.6) is 0 Å². The molecule has 2 rings (SSSR count). The van der Waals surface area contributed by atoms with Crippen LogP contribution in [0.3, 0.4) is 0 Å². The topological polar surface area (TPSA) is 55.4 Å². The fourth-order valence-electron chi connectivity index (χ4n) is 2.09. The molecular weight excluding hydrogens is 344 g/mol. The highest BCUT2D eigenvalue weighted by Crippen LogP contribution is 2.24. The third kappa shape index (κ3) is 5.35. The fourth-order valence-corrected chi connectivity index (χ4v) is 4.16. The van der Waals surface area contributed by atoms with Crippen LogP contribution in [0.4, 0.5) is 8.78 Å². The van der Waals surface area contributed by atoms with Crippen molar-refractivity contribution in [2.24, 2.45) is 0 Å². The highest BCUT2D eigenvalue weighted by molar-refractivity contribution is 7.88. The highest BCUT2D eigenvalue weighted by Gasteiger charge is 2.18.